The molecule has 0 bridgehead atoms. The maximum absolute atomic E-state index is 6.76. The predicted octanol–water partition coefficient (Wildman–Crippen LogP) is 13.3. The largest absolute Gasteiger partial charge is 0.0565 e. The molecule has 8 aromatic carbocycles. The molecule has 4 heterocycles. The van der Waals surface area contributed by atoms with Crippen LogP contribution in [0.3, 0.4) is 0 Å². The number of nitrogens with zero attached hydrogens (tertiary/aromatic N) is 6. The Morgan fingerprint density at radius 2 is 1.21 bits per heavy atom. The Kier molecular flexibility index (Phi) is 11.3. The molecule has 0 N–H and O–H groups in total. The van der Waals surface area contributed by atoms with E-state index >= 15 is 0 Å². The standard InChI is InChI=1S/C59H43N6OSe.Pt/c1-59(2,3)42-30-32-43(33-31-42)62-39-63(52-28-13-12-27-51(52)62)44-21-14-22-45(37-44)66-46-34-35-55-54(38-46)64(53-29-16-36-60-57(53)67-55)58-61-49-25-10-11-26-50(49)65(58)56-47(40-17-6-4-7-18-40)23-15-24-48(56)41-19-8-5-9-20-41;/h4-36,39H,1-3H3;/q-3;. The molecular formula is C59H43N6OPtSe-3. The van der Waals surface area contributed by atoms with Gasteiger partial charge in [0, 0.05) is 21.1 Å². The van der Waals surface area contributed by atoms with Crippen LogP contribution in [-0.4, -0.2) is 29.5 Å². The molecule has 10 aromatic rings. The molecule has 0 saturated heterocycles. The third-order valence-corrected chi connectivity index (χ3v) is 14.5. The van der Waals surface area contributed by atoms with Crippen LogP contribution in [0, 0.1) is 18.8 Å². The van der Waals surface area contributed by atoms with E-state index in [4.69, 9.17) is 14.7 Å². The maximum atomic E-state index is 6.76. The zero-order valence-corrected chi connectivity index (χ0v) is 41.4. The van der Waals surface area contributed by atoms with E-state index in [9.17, 15) is 0 Å². The van der Waals surface area contributed by atoms with Gasteiger partial charge in [-0.15, -0.1) is 0 Å². The van der Waals surface area contributed by atoms with Gasteiger partial charge >= 0.3 is 337 Å². The molecule has 0 aliphatic carbocycles. The molecule has 0 atom stereocenters. The van der Waals surface area contributed by atoms with Gasteiger partial charge in [-0.3, -0.25) is 0 Å². The number of hydrogen-bond acceptors (Lipinski definition) is 6. The van der Waals surface area contributed by atoms with E-state index in [1.165, 1.54) is 5.56 Å². The van der Waals surface area contributed by atoms with Gasteiger partial charge in [-0.2, -0.15) is 0 Å². The summed E-state index contributed by atoms with van der Waals surface area (Å²) in [5, 5.41) is 0. The van der Waals surface area contributed by atoms with Crippen molar-refractivity contribution in [3.8, 4) is 39.4 Å². The number of rotatable bonds is 8. The zero-order chi connectivity index (χ0) is 45.1. The summed E-state index contributed by atoms with van der Waals surface area (Å²) in [6.07, 6.45) is 1.88. The first-order valence-corrected chi connectivity index (χ1v) is 24.1. The van der Waals surface area contributed by atoms with Crippen LogP contribution in [0.15, 0.2) is 200 Å². The second-order valence-corrected chi connectivity index (χ2v) is 19.8. The van der Waals surface area contributed by atoms with Gasteiger partial charge in [-0.25, -0.2) is 0 Å². The van der Waals surface area contributed by atoms with Crippen LogP contribution in [0.4, 0.5) is 40.1 Å². The van der Waals surface area contributed by atoms with E-state index < -0.39 is 0 Å². The van der Waals surface area contributed by atoms with Crippen LogP contribution >= 0.6 is 0 Å². The van der Waals surface area contributed by atoms with Crippen molar-refractivity contribution in [2.75, 3.05) is 14.7 Å². The van der Waals surface area contributed by atoms with E-state index in [-0.39, 0.29) is 41.4 Å². The summed E-state index contributed by atoms with van der Waals surface area (Å²) in [5.41, 5.74) is 14.6. The van der Waals surface area contributed by atoms with E-state index in [0.717, 1.165) is 88.1 Å². The van der Waals surface area contributed by atoms with Crippen molar-refractivity contribution in [3.63, 3.8) is 0 Å². The molecule has 0 unspecified atom stereocenters. The summed E-state index contributed by atoms with van der Waals surface area (Å²) < 4.78 is 11.2. The van der Waals surface area contributed by atoms with E-state index in [1.54, 1.807) is 0 Å². The number of fused-ring (bicyclic) bond motifs is 4. The smallest absolute Gasteiger partial charge is 0 e. The molecule has 9 heteroatoms. The maximum Gasteiger partial charge on any atom is 0 e. The van der Waals surface area contributed by atoms with Gasteiger partial charge in [0.1, 0.15) is 0 Å². The Balaban J connectivity index is 0.00000507. The molecule has 0 saturated carbocycles. The minimum atomic E-state index is -0.102. The molecule has 2 aliphatic heterocycles. The number of aromatic nitrogens is 3. The number of hydrogen-bond donors (Lipinski definition) is 0. The molecule has 0 spiro atoms. The fraction of sp³-hybridized carbons (Fsp3) is 0.0678. The van der Waals surface area contributed by atoms with Gasteiger partial charge in [0.15, 0.2) is 0 Å². The first-order chi connectivity index (χ1) is 32.9. The van der Waals surface area contributed by atoms with Gasteiger partial charge in [-0.05, 0) is 23.1 Å². The van der Waals surface area contributed by atoms with Crippen molar-refractivity contribution in [1.29, 1.82) is 0 Å². The summed E-state index contributed by atoms with van der Waals surface area (Å²) in [6.45, 7) is 8.86. The van der Waals surface area contributed by atoms with Crippen molar-refractivity contribution in [2.45, 2.75) is 26.2 Å². The van der Waals surface area contributed by atoms with Gasteiger partial charge < -0.3 is 0 Å². The molecule has 7 nitrogen and oxygen atoms in total. The molecule has 2 aliphatic rings. The molecular weight excluding hydrogens is 1080 g/mol. The van der Waals surface area contributed by atoms with E-state index in [1.807, 2.05) is 30.5 Å². The minimum Gasteiger partial charge on any atom is -0.0565 e. The molecule has 334 valence electrons. The normalized spacial score (nSPS) is 12.9. The number of anilines is 7. The molecule has 0 radical (unpaired) electrons. The van der Waals surface area contributed by atoms with Gasteiger partial charge in [0.05, 0.1) is 0 Å². The first-order valence-electron chi connectivity index (χ1n) is 22.4. The molecule has 0 amide bonds. The van der Waals surface area contributed by atoms with E-state index in [2.05, 4.69) is 229 Å². The van der Waals surface area contributed by atoms with Crippen LogP contribution < -0.4 is 28.5 Å². The Hall–Kier alpha value is -7.21. The summed E-state index contributed by atoms with van der Waals surface area (Å²) >= 11 is -0.102. The average Bonchev–Trinajstić information content (AvgIpc) is 3.95. The monoisotopic (exact) mass is 1130 g/mol. The third-order valence-electron chi connectivity index (χ3n) is 12.3. The molecule has 12 rings (SSSR count). The van der Waals surface area contributed by atoms with Crippen LogP contribution in [0.2, 0.25) is 0 Å². The van der Waals surface area contributed by atoms with Crippen molar-refractivity contribution < 1.29 is 25.8 Å². The van der Waals surface area contributed by atoms with Gasteiger partial charge in [-0.1, -0.05) is 39.0 Å². The number of imidazole rings is 1. The van der Waals surface area contributed by atoms with Crippen LogP contribution in [0.5, 0.6) is 11.5 Å². The predicted molar refractivity (Wildman–Crippen MR) is 274 cm³/mol. The second kappa shape index (κ2) is 17.8. The van der Waals surface area contributed by atoms with Crippen LogP contribution in [-0.2, 0) is 26.5 Å². The van der Waals surface area contributed by atoms with Crippen molar-refractivity contribution >= 4 is 75.1 Å². The quantitative estimate of drug-likeness (QED) is 0.112. The topological polar surface area (TPSA) is 49.7 Å². The van der Waals surface area contributed by atoms with Crippen molar-refractivity contribution in [1.82, 2.24) is 14.5 Å². The summed E-state index contributed by atoms with van der Waals surface area (Å²) in [6, 6.07) is 75.2. The summed E-state index contributed by atoms with van der Waals surface area (Å²) in [5.74, 6) is 1.89. The SMILES string of the molecule is CC(C)(C)c1ccc(N2[CH-]N(c3[c-]c(Oc4[c-]c5c(cc4)[Se]c4ncccc4N5c4nc5ccccc5n4-c4c(-c5ccccc5)cccc4-c4ccccc4)ccc3)c3ccccc32)cc1.[Pt]. The molecule has 0 fully saturated rings. The van der Waals surface area contributed by atoms with E-state index in [0.29, 0.717) is 11.5 Å². The fourth-order valence-corrected chi connectivity index (χ4v) is 11.1. The van der Waals surface area contributed by atoms with Crippen LogP contribution in [0.1, 0.15) is 26.3 Å². The first kappa shape index (κ1) is 43.4. The zero-order valence-electron chi connectivity index (χ0n) is 37.4. The Bertz CT molecular complexity index is 3400. The number of pyridine rings is 1. The van der Waals surface area contributed by atoms with Crippen molar-refractivity contribution in [3.05, 3.63) is 225 Å². The average molecular weight is 1130 g/mol. The second-order valence-electron chi connectivity index (χ2n) is 17.6. The summed E-state index contributed by atoms with van der Waals surface area (Å²) in [4.78, 5) is 17.1. The molecule has 2 aromatic heterocycles. The summed E-state index contributed by atoms with van der Waals surface area (Å²) in [7, 11) is 0. The minimum absolute atomic E-state index is 0. The number of benzene rings is 8. The third kappa shape index (κ3) is 7.79. The molecule has 68 heavy (non-hydrogen) atoms. The van der Waals surface area contributed by atoms with Crippen molar-refractivity contribution in [2.24, 2.45) is 0 Å². The Morgan fingerprint density at radius 1 is 0.574 bits per heavy atom. The number of para-hydroxylation sites is 5. The Morgan fingerprint density at radius 3 is 1.93 bits per heavy atom. The van der Waals surface area contributed by atoms with Gasteiger partial charge in [0.25, 0.3) is 0 Å². The van der Waals surface area contributed by atoms with Gasteiger partial charge in [0.2, 0.25) is 0 Å². The Labute approximate surface area is 417 Å². The number of ether oxygens (including phenoxy) is 1. The van der Waals surface area contributed by atoms with Crippen LogP contribution in [0.25, 0.3) is 39.0 Å². The fourth-order valence-electron chi connectivity index (χ4n) is 9.08.